The molecule has 8 nitrogen and oxygen atoms in total. The van der Waals surface area contributed by atoms with Gasteiger partial charge in [-0.25, -0.2) is 9.97 Å². The van der Waals surface area contributed by atoms with Gasteiger partial charge in [-0.15, -0.1) is 0 Å². The minimum atomic E-state index is -0.224. The lowest BCUT2D eigenvalue weighted by atomic mass is 10.1. The Labute approximate surface area is 158 Å². The quantitative estimate of drug-likeness (QED) is 0.491. The largest absolute Gasteiger partial charge is 0.480 e. The molecule has 136 valence electrons. The summed E-state index contributed by atoms with van der Waals surface area (Å²) in [4.78, 5) is 23.8. The van der Waals surface area contributed by atoms with Gasteiger partial charge in [-0.05, 0) is 24.3 Å². The highest BCUT2D eigenvalue weighted by Gasteiger charge is 2.11. The molecule has 0 bridgehead atoms. The van der Waals surface area contributed by atoms with Crippen LogP contribution in [0.25, 0.3) is 22.2 Å². The van der Waals surface area contributed by atoms with Crippen molar-refractivity contribution in [2.24, 2.45) is 0 Å². The Hall–Kier alpha value is -3.39. The van der Waals surface area contributed by atoms with Crippen molar-refractivity contribution in [3.8, 4) is 17.1 Å². The van der Waals surface area contributed by atoms with E-state index in [2.05, 4.69) is 30.5 Å². The van der Waals surface area contributed by atoms with E-state index in [9.17, 15) is 4.79 Å². The number of hydrogen-bond acceptors (Lipinski definition) is 5. The number of methoxy groups -OCH3 is 1. The lowest BCUT2D eigenvalue weighted by molar-refractivity contribution is 0.0945. The number of nitrogens with zero attached hydrogens (tertiary/aromatic N) is 3. The monoisotopic (exact) mass is 382 g/mol. The SMILES string of the molecule is COc1cnc(-c2cc3[nH]c(CNC(=O)c4ccn[nH]4)cc3cc2Cl)cn1. The third-order valence-electron chi connectivity index (χ3n) is 4.06. The molecule has 4 aromatic rings. The number of H-pyrrole nitrogens is 2. The zero-order valence-corrected chi connectivity index (χ0v) is 15.0. The molecule has 3 heterocycles. The molecule has 0 aliphatic carbocycles. The van der Waals surface area contributed by atoms with Crippen LogP contribution in [0, 0.1) is 0 Å². The van der Waals surface area contributed by atoms with Gasteiger partial charge in [0.05, 0.1) is 36.8 Å². The van der Waals surface area contributed by atoms with Gasteiger partial charge in [0.1, 0.15) is 5.69 Å². The Morgan fingerprint density at radius 2 is 2.15 bits per heavy atom. The maximum absolute atomic E-state index is 12.0. The van der Waals surface area contributed by atoms with Gasteiger partial charge in [-0.1, -0.05) is 11.6 Å². The molecule has 0 fully saturated rings. The summed E-state index contributed by atoms with van der Waals surface area (Å²) < 4.78 is 5.03. The summed E-state index contributed by atoms with van der Waals surface area (Å²) in [6, 6.07) is 7.32. The van der Waals surface area contributed by atoms with Crippen molar-refractivity contribution in [2.45, 2.75) is 6.54 Å². The summed E-state index contributed by atoms with van der Waals surface area (Å²) in [6.45, 7) is 0.349. The van der Waals surface area contributed by atoms with Gasteiger partial charge in [-0.3, -0.25) is 9.89 Å². The fourth-order valence-electron chi connectivity index (χ4n) is 2.72. The van der Waals surface area contributed by atoms with E-state index in [1.54, 1.807) is 18.5 Å². The molecular weight excluding hydrogens is 368 g/mol. The number of fused-ring (bicyclic) bond motifs is 1. The third-order valence-corrected chi connectivity index (χ3v) is 4.37. The molecule has 4 rings (SSSR count). The predicted molar refractivity (Wildman–Crippen MR) is 101 cm³/mol. The molecular formula is C18H15ClN6O2. The fourth-order valence-corrected chi connectivity index (χ4v) is 2.99. The van der Waals surface area contributed by atoms with Crippen molar-refractivity contribution in [2.75, 3.05) is 7.11 Å². The number of halogens is 1. The van der Waals surface area contributed by atoms with Crippen LogP contribution in [0.1, 0.15) is 16.2 Å². The molecule has 0 saturated carbocycles. The molecule has 0 atom stereocenters. The van der Waals surface area contributed by atoms with Crippen molar-refractivity contribution in [1.29, 1.82) is 0 Å². The number of amides is 1. The van der Waals surface area contributed by atoms with Crippen LogP contribution in [-0.2, 0) is 6.54 Å². The van der Waals surface area contributed by atoms with E-state index in [1.165, 1.54) is 13.3 Å². The van der Waals surface area contributed by atoms with Crippen molar-refractivity contribution in [1.82, 2.24) is 30.5 Å². The Morgan fingerprint density at radius 1 is 1.26 bits per heavy atom. The maximum atomic E-state index is 12.0. The average molecular weight is 383 g/mol. The van der Waals surface area contributed by atoms with Crippen molar-refractivity contribution < 1.29 is 9.53 Å². The number of nitrogens with one attached hydrogen (secondary N) is 3. The van der Waals surface area contributed by atoms with Gasteiger partial charge in [0, 0.05) is 28.4 Å². The van der Waals surface area contributed by atoms with Gasteiger partial charge in [0.2, 0.25) is 5.88 Å². The molecule has 1 aromatic carbocycles. The van der Waals surface area contributed by atoms with Crippen molar-refractivity contribution in [3.63, 3.8) is 0 Å². The summed E-state index contributed by atoms with van der Waals surface area (Å²) in [5, 5.41) is 10.7. The first-order valence-corrected chi connectivity index (χ1v) is 8.47. The Morgan fingerprint density at radius 3 is 2.85 bits per heavy atom. The molecule has 1 amide bonds. The molecule has 3 N–H and O–H groups in total. The number of ether oxygens (including phenoxy) is 1. The number of carbonyl (C=O) groups excluding carboxylic acids is 1. The van der Waals surface area contributed by atoms with Crippen LogP contribution in [0.2, 0.25) is 5.02 Å². The number of aromatic amines is 2. The summed E-state index contributed by atoms with van der Waals surface area (Å²) in [5.41, 5.74) is 3.56. The van der Waals surface area contributed by atoms with Crippen LogP contribution in [0.4, 0.5) is 0 Å². The molecule has 27 heavy (non-hydrogen) atoms. The summed E-state index contributed by atoms with van der Waals surface area (Å²) in [6.07, 6.45) is 4.69. The zero-order valence-electron chi connectivity index (χ0n) is 14.3. The van der Waals surface area contributed by atoms with Crippen LogP contribution in [0.5, 0.6) is 5.88 Å². The minimum absolute atomic E-state index is 0.224. The minimum Gasteiger partial charge on any atom is -0.480 e. The van der Waals surface area contributed by atoms with Crippen molar-refractivity contribution in [3.05, 3.63) is 59.3 Å². The van der Waals surface area contributed by atoms with Crippen molar-refractivity contribution >= 4 is 28.4 Å². The highest BCUT2D eigenvalue weighted by atomic mass is 35.5. The number of carbonyl (C=O) groups is 1. The normalized spacial score (nSPS) is 10.9. The highest BCUT2D eigenvalue weighted by Crippen LogP contribution is 2.31. The highest BCUT2D eigenvalue weighted by molar-refractivity contribution is 6.34. The first-order chi connectivity index (χ1) is 13.1. The second kappa shape index (κ2) is 7.08. The number of hydrogen-bond donors (Lipinski definition) is 3. The third kappa shape index (κ3) is 3.47. The van der Waals surface area contributed by atoms with Gasteiger partial charge in [0.25, 0.3) is 5.91 Å². The molecule has 0 unspecified atom stereocenters. The lowest BCUT2D eigenvalue weighted by Gasteiger charge is -2.05. The van der Waals surface area contributed by atoms with Gasteiger partial charge in [0.15, 0.2) is 0 Å². The fraction of sp³-hybridized carbons (Fsp3) is 0.111. The first kappa shape index (κ1) is 17.0. The average Bonchev–Trinajstić information content (AvgIpc) is 3.35. The van der Waals surface area contributed by atoms with Crippen LogP contribution in [0.15, 0.2) is 42.9 Å². The van der Waals surface area contributed by atoms with Gasteiger partial charge < -0.3 is 15.0 Å². The maximum Gasteiger partial charge on any atom is 0.269 e. The second-order valence-electron chi connectivity index (χ2n) is 5.81. The summed E-state index contributed by atoms with van der Waals surface area (Å²) >= 11 is 6.42. The molecule has 0 aliphatic rings. The van der Waals surface area contributed by atoms with E-state index in [-0.39, 0.29) is 5.91 Å². The predicted octanol–water partition coefficient (Wildman–Crippen LogP) is 2.94. The smallest absolute Gasteiger partial charge is 0.269 e. The van der Waals surface area contributed by atoms with E-state index < -0.39 is 0 Å². The zero-order chi connectivity index (χ0) is 18.8. The topological polar surface area (TPSA) is 109 Å². The molecule has 0 aliphatic heterocycles. The Balaban J connectivity index is 1.58. The van der Waals surface area contributed by atoms with Crippen LogP contribution < -0.4 is 10.1 Å². The van der Waals surface area contributed by atoms with E-state index in [4.69, 9.17) is 16.3 Å². The van der Waals surface area contributed by atoms with Crippen LogP contribution >= 0.6 is 11.6 Å². The number of aromatic nitrogens is 5. The molecule has 0 radical (unpaired) electrons. The molecule has 0 spiro atoms. The second-order valence-corrected chi connectivity index (χ2v) is 6.22. The number of benzene rings is 1. The molecule has 0 saturated heterocycles. The number of rotatable bonds is 5. The van der Waals surface area contributed by atoms with E-state index >= 15 is 0 Å². The van der Waals surface area contributed by atoms with E-state index in [1.807, 2.05) is 18.2 Å². The van der Waals surface area contributed by atoms with Gasteiger partial charge >= 0.3 is 0 Å². The molecule has 9 heteroatoms. The Bertz CT molecular complexity index is 1090. The standard InChI is InChI=1S/C18H15ClN6O2/c1-27-17-9-20-16(8-21-17)12-6-15-10(5-13(12)19)4-11(24-15)7-22-18(26)14-2-3-23-25-14/h2-6,8-9,24H,7H2,1H3,(H,22,26)(H,23,25). The Kier molecular flexibility index (Phi) is 4.47. The van der Waals surface area contributed by atoms with E-state index in [0.717, 1.165) is 22.2 Å². The van der Waals surface area contributed by atoms with Crippen LogP contribution in [0.3, 0.4) is 0 Å². The summed E-state index contributed by atoms with van der Waals surface area (Å²) in [5.74, 6) is 0.213. The molecule has 3 aromatic heterocycles. The van der Waals surface area contributed by atoms with Gasteiger partial charge in [-0.2, -0.15) is 5.10 Å². The first-order valence-electron chi connectivity index (χ1n) is 8.09. The van der Waals surface area contributed by atoms with Crippen LogP contribution in [-0.4, -0.2) is 38.2 Å². The van der Waals surface area contributed by atoms with E-state index in [0.29, 0.717) is 28.8 Å². The summed E-state index contributed by atoms with van der Waals surface area (Å²) in [7, 11) is 1.54. The lowest BCUT2D eigenvalue weighted by Crippen LogP contribution is -2.23.